The van der Waals surface area contributed by atoms with E-state index in [9.17, 15) is 18.4 Å². The fourth-order valence-corrected chi connectivity index (χ4v) is 1.70. The Labute approximate surface area is 103 Å². The fourth-order valence-electron chi connectivity index (χ4n) is 1.70. The third-order valence-electron chi connectivity index (χ3n) is 2.44. The van der Waals surface area contributed by atoms with Crippen molar-refractivity contribution in [2.24, 2.45) is 5.92 Å². The van der Waals surface area contributed by atoms with Crippen LogP contribution in [0.25, 0.3) is 0 Å². The van der Waals surface area contributed by atoms with Gasteiger partial charge in [0, 0.05) is 6.07 Å². The second kappa shape index (κ2) is 5.57. The molecule has 1 rings (SSSR count). The molecule has 1 amide bonds. The topological polar surface area (TPSA) is 57.6 Å². The Bertz CT molecular complexity index is 442. The van der Waals surface area contributed by atoms with Crippen LogP contribution < -0.4 is 4.90 Å². The molecule has 1 N–H and O–H groups in total. The first-order chi connectivity index (χ1) is 8.36. The van der Waals surface area contributed by atoms with E-state index in [0.717, 1.165) is 17.0 Å². The van der Waals surface area contributed by atoms with Crippen LogP contribution in [0, 0.1) is 17.6 Å². The molecule has 0 fully saturated rings. The van der Waals surface area contributed by atoms with Crippen LogP contribution in [0.1, 0.15) is 13.8 Å². The molecule has 98 valence electrons. The van der Waals surface area contributed by atoms with Gasteiger partial charge in [-0.15, -0.1) is 0 Å². The van der Waals surface area contributed by atoms with E-state index in [1.807, 2.05) is 0 Å². The minimum Gasteiger partial charge on any atom is -0.480 e. The SMILES string of the molecule is CC(C)C(C(=O)O)N(C=O)c1cc(F)cc(F)c1. The normalized spacial score (nSPS) is 12.3. The van der Waals surface area contributed by atoms with Crippen molar-refractivity contribution in [2.45, 2.75) is 19.9 Å². The summed E-state index contributed by atoms with van der Waals surface area (Å²) in [4.78, 5) is 22.9. The Hall–Kier alpha value is -1.98. The molecule has 1 aromatic carbocycles. The fraction of sp³-hybridized carbons (Fsp3) is 0.333. The minimum atomic E-state index is -1.23. The quantitative estimate of drug-likeness (QED) is 0.821. The number of carboxylic acid groups (broad SMARTS) is 1. The average Bonchev–Trinajstić information content (AvgIpc) is 2.22. The number of rotatable bonds is 5. The number of carbonyl (C=O) groups excluding carboxylic acids is 1. The lowest BCUT2D eigenvalue weighted by molar-refractivity contribution is -0.140. The largest absolute Gasteiger partial charge is 0.480 e. The van der Waals surface area contributed by atoms with E-state index in [0.29, 0.717) is 6.07 Å². The van der Waals surface area contributed by atoms with Gasteiger partial charge in [-0.05, 0) is 18.1 Å². The second-order valence-electron chi connectivity index (χ2n) is 4.17. The second-order valence-corrected chi connectivity index (χ2v) is 4.17. The van der Waals surface area contributed by atoms with Crippen molar-refractivity contribution in [3.63, 3.8) is 0 Å². The van der Waals surface area contributed by atoms with Crippen molar-refractivity contribution in [1.29, 1.82) is 0 Å². The van der Waals surface area contributed by atoms with Gasteiger partial charge in [-0.25, -0.2) is 13.6 Å². The van der Waals surface area contributed by atoms with Gasteiger partial charge in [0.1, 0.15) is 17.7 Å². The zero-order chi connectivity index (χ0) is 13.9. The van der Waals surface area contributed by atoms with Crippen molar-refractivity contribution >= 4 is 18.1 Å². The molecule has 0 saturated heterocycles. The Morgan fingerprint density at radius 3 is 2.11 bits per heavy atom. The first-order valence-corrected chi connectivity index (χ1v) is 5.29. The molecule has 18 heavy (non-hydrogen) atoms. The molecule has 0 heterocycles. The molecule has 1 unspecified atom stereocenters. The zero-order valence-electron chi connectivity index (χ0n) is 9.93. The van der Waals surface area contributed by atoms with Crippen LogP contribution in [0.4, 0.5) is 14.5 Å². The van der Waals surface area contributed by atoms with Crippen LogP contribution in [0.15, 0.2) is 18.2 Å². The summed E-state index contributed by atoms with van der Waals surface area (Å²) in [5.74, 6) is -3.38. The minimum absolute atomic E-state index is 0.122. The molecule has 1 aromatic rings. The third-order valence-corrected chi connectivity index (χ3v) is 2.44. The molecular weight excluding hydrogens is 244 g/mol. The van der Waals surface area contributed by atoms with E-state index in [1.165, 1.54) is 0 Å². The molecule has 0 radical (unpaired) electrons. The Morgan fingerprint density at radius 1 is 1.28 bits per heavy atom. The average molecular weight is 257 g/mol. The number of carbonyl (C=O) groups is 2. The Balaban J connectivity index is 3.22. The van der Waals surface area contributed by atoms with Crippen molar-refractivity contribution in [2.75, 3.05) is 4.90 Å². The molecule has 1 atom stereocenters. The maximum absolute atomic E-state index is 13.1. The van der Waals surface area contributed by atoms with Gasteiger partial charge in [0.25, 0.3) is 0 Å². The van der Waals surface area contributed by atoms with Crippen LogP contribution in [0.5, 0.6) is 0 Å². The number of carboxylic acids is 1. The highest BCUT2D eigenvalue weighted by Crippen LogP contribution is 2.22. The molecule has 0 saturated carbocycles. The molecule has 6 heteroatoms. The van der Waals surface area contributed by atoms with Crippen LogP contribution >= 0.6 is 0 Å². The predicted molar refractivity (Wildman–Crippen MR) is 61.2 cm³/mol. The number of amides is 1. The third kappa shape index (κ3) is 3.03. The van der Waals surface area contributed by atoms with E-state index in [1.54, 1.807) is 13.8 Å². The van der Waals surface area contributed by atoms with Crippen LogP contribution in [0.2, 0.25) is 0 Å². The smallest absolute Gasteiger partial charge is 0.327 e. The van der Waals surface area contributed by atoms with Gasteiger partial charge in [0.05, 0.1) is 5.69 Å². The van der Waals surface area contributed by atoms with E-state index in [-0.39, 0.29) is 12.1 Å². The predicted octanol–water partition coefficient (Wildman–Crippen LogP) is 2.04. The highest BCUT2D eigenvalue weighted by Gasteiger charge is 2.29. The summed E-state index contributed by atoms with van der Waals surface area (Å²) in [6.45, 7) is 3.20. The highest BCUT2D eigenvalue weighted by atomic mass is 19.1. The molecule has 0 aliphatic rings. The molecule has 0 aromatic heterocycles. The summed E-state index contributed by atoms with van der Waals surface area (Å²) < 4.78 is 26.1. The number of halogens is 2. The van der Waals surface area contributed by atoms with Gasteiger partial charge in [0.15, 0.2) is 0 Å². The first-order valence-electron chi connectivity index (χ1n) is 5.29. The van der Waals surface area contributed by atoms with Crippen LogP contribution in [0.3, 0.4) is 0 Å². The summed E-state index contributed by atoms with van der Waals surface area (Å²) in [5.41, 5.74) is -0.122. The summed E-state index contributed by atoms with van der Waals surface area (Å²) in [7, 11) is 0. The summed E-state index contributed by atoms with van der Waals surface area (Å²) in [6, 6.07) is 1.30. The van der Waals surface area contributed by atoms with Gasteiger partial charge in [-0.2, -0.15) is 0 Å². The lowest BCUT2D eigenvalue weighted by Crippen LogP contribution is -2.44. The zero-order valence-corrected chi connectivity index (χ0v) is 9.93. The van der Waals surface area contributed by atoms with Gasteiger partial charge in [-0.3, -0.25) is 4.79 Å². The Morgan fingerprint density at radius 2 is 1.78 bits per heavy atom. The lowest BCUT2D eigenvalue weighted by atomic mass is 10.0. The van der Waals surface area contributed by atoms with Crippen molar-refractivity contribution in [3.05, 3.63) is 29.8 Å². The van der Waals surface area contributed by atoms with Gasteiger partial charge < -0.3 is 10.0 Å². The summed E-state index contributed by atoms with van der Waals surface area (Å²) >= 11 is 0. The van der Waals surface area contributed by atoms with Crippen LogP contribution in [-0.4, -0.2) is 23.5 Å². The van der Waals surface area contributed by atoms with Crippen molar-refractivity contribution in [1.82, 2.24) is 0 Å². The number of benzene rings is 1. The maximum atomic E-state index is 13.1. The van der Waals surface area contributed by atoms with Gasteiger partial charge in [0.2, 0.25) is 6.41 Å². The van der Waals surface area contributed by atoms with Crippen molar-refractivity contribution in [3.8, 4) is 0 Å². The van der Waals surface area contributed by atoms with Gasteiger partial charge >= 0.3 is 5.97 Å². The number of anilines is 1. The standard InChI is InChI=1S/C12H13F2NO3/c1-7(2)11(12(17)18)15(6-16)10-4-8(13)3-9(14)5-10/h3-7,11H,1-2H3,(H,17,18). The summed E-state index contributed by atoms with van der Waals surface area (Å²) in [5, 5.41) is 9.06. The Kier molecular flexibility index (Phi) is 4.36. The molecular formula is C12H13F2NO3. The van der Waals surface area contributed by atoms with Gasteiger partial charge in [-0.1, -0.05) is 13.8 Å². The van der Waals surface area contributed by atoms with Crippen LogP contribution in [-0.2, 0) is 9.59 Å². The van der Waals surface area contributed by atoms with Crippen molar-refractivity contribution < 1.29 is 23.5 Å². The van der Waals surface area contributed by atoms with E-state index in [2.05, 4.69) is 0 Å². The number of hydrogen-bond donors (Lipinski definition) is 1. The molecule has 0 aliphatic carbocycles. The maximum Gasteiger partial charge on any atom is 0.327 e. The molecule has 0 spiro atoms. The highest BCUT2D eigenvalue weighted by molar-refractivity contribution is 5.88. The molecule has 0 aliphatic heterocycles. The number of hydrogen-bond acceptors (Lipinski definition) is 2. The first kappa shape index (κ1) is 14.1. The summed E-state index contributed by atoms with van der Waals surface area (Å²) in [6.07, 6.45) is 0.257. The number of aliphatic carboxylic acids is 1. The van der Waals surface area contributed by atoms with E-state index < -0.39 is 29.6 Å². The van der Waals surface area contributed by atoms with E-state index in [4.69, 9.17) is 5.11 Å². The molecule has 4 nitrogen and oxygen atoms in total. The molecule has 0 bridgehead atoms. The lowest BCUT2D eigenvalue weighted by Gasteiger charge is -2.27. The number of nitrogens with zero attached hydrogens (tertiary/aromatic N) is 1. The monoisotopic (exact) mass is 257 g/mol. The van der Waals surface area contributed by atoms with E-state index >= 15 is 0 Å².